The molecular weight excluding hydrogens is 420 g/mol. The van der Waals surface area contributed by atoms with Crippen molar-refractivity contribution in [3.8, 4) is 5.75 Å². The van der Waals surface area contributed by atoms with Gasteiger partial charge in [0.25, 0.3) is 0 Å². The number of aliphatic imine (C=N–C) groups is 1. The van der Waals surface area contributed by atoms with Crippen LogP contribution in [-0.4, -0.2) is 60.2 Å². The number of halogens is 2. The van der Waals surface area contributed by atoms with E-state index in [0.29, 0.717) is 17.9 Å². The van der Waals surface area contributed by atoms with Gasteiger partial charge in [0.1, 0.15) is 29.6 Å². The summed E-state index contributed by atoms with van der Waals surface area (Å²) < 4.78 is 39.7. The smallest absolute Gasteiger partial charge is 0.246 e. The lowest BCUT2D eigenvalue weighted by molar-refractivity contribution is -0.120. The number of likely N-dealkylation sites (tertiary alicyclic amines) is 1. The predicted molar refractivity (Wildman–Crippen MR) is 113 cm³/mol. The molecule has 0 saturated carbocycles. The summed E-state index contributed by atoms with van der Waals surface area (Å²) in [7, 11) is 0. The van der Waals surface area contributed by atoms with Gasteiger partial charge in [0.15, 0.2) is 12.1 Å². The van der Waals surface area contributed by atoms with Gasteiger partial charge < -0.3 is 20.3 Å². The summed E-state index contributed by atoms with van der Waals surface area (Å²) in [5.41, 5.74) is 5.62. The van der Waals surface area contributed by atoms with Crippen LogP contribution in [0.5, 0.6) is 5.75 Å². The molecule has 0 spiro atoms. The van der Waals surface area contributed by atoms with Crippen LogP contribution in [0.15, 0.2) is 47.5 Å². The van der Waals surface area contributed by atoms with Crippen molar-refractivity contribution in [2.75, 3.05) is 26.2 Å². The minimum atomic E-state index is -1.11. The molecule has 32 heavy (non-hydrogen) atoms. The Morgan fingerprint density at radius 1 is 1.16 bits per heavy atom. The average Bonchev–Trinajstić information content (AvgIpc) is 3.21. The number of nitrogens with two attached hydrogens (primary N) is 1. The third-order valence-electron chi connectivity index (χ3n) is 5.69. The molecule has 0 aromatic heterocycles. The zero-order chi connectivity index (χ0) is 22.7. The number of benzene rings is 2. The summed E-state index contributed by atoms with van der Waals surface area (Å²) in [6, 6.07) is 9.21. The molecule has 4 rings (SSSR count). The minimum absolute atomic E-state index is 0.207. The number of aliphatic hydroxyl groups excluding tert-OH is 1. The molecule has 0 radical (unpaired) electrons. The van der Waals surface area contributed by atoms with E-state index in [2.05, 4.69) is 9.89 Å². The Morgan fingerprint density at radius 2 is 1.81 bits per heavy atom. The fourth-order valence-corrected chi connectivity index (χ4v) is 3.89. The predicted octanol–water partition coefficient (Wildman–Crippen LogP) is 2.17. The SMILES string of the molecule is NC(=O)C1N=C(c2c(F)cccc2F)OC1c1ccc(OCCN2CCC(O)CC2)cc1. The van der Waals surface area contributed by atoms with Crippen LogP contribution in [0.4, 0.5) is 8.78 Å². The Balaban J connectivity index is 1.40. The molecule has 2 heterocycles. The molecule has 3 N–H and O–H groups in total. The van der Waals surface area contributed by atoms with Gasteiger partial charge in [0.2, 0.25) is 11.8 Å². The number of primary amides is 1. The van der Waals surface area contributed by atoms with E-state index in [0.717, 1.165) is 44.6 Å². The molecule has 2 aromatic rings. The van der Waals surface area contributed by atoms with Crippen molar-refractivity contribution in [3.05, 3.63) is 65.2 Å². The van der Waals surface area contributed by atoms with Gasteiger partial charge in [0.05, 0.1) is 6.10 Å². The summed E-state index contributed by atoms with van der Waals surface area (Å²) in [4.78, 5) is 18.2. The number of rotatable bonds is 7. The number of aliphatic hydroxyl groups is 1. The zero-order valence-electron chi connectivity index (χ0n) is 17.4. The van der Waals surface area contributed by atoms with Gasteiger partial charge in [0, 0.05) is 19.6 Å². The van der Waals surface area contributed by atoms with Gasteiger partial charge in [-0.3, -0.25) is 9.69 Å². The van der Waals surface area contributed by atoms with Crippen LogP contribution in [0.1, 0.15) is 30.1 Å². The van der Waals surface area contributed by atoms with Crippen molar-refractivity contribution in [2.24, 2.45) is 10.7 Å². The Hall–Kier alpha value is -3.04. The first-order chi connectivity index (χ1) is 15.4. The molecule has 9 heteroatoms. The molecule has 1 fully saturated rings. The second-order valence-corrected chi connectivity index (χ2v) is 7.91. The van der Waals surface area contributed by atoms with E-state index in [-0.39, 0.29) is 12.0 Å². The van der Waals surface area contributed by atoms with E-state index in [1.807, 2.05) is 0 Å². The Kier molecular flexibility index (Phi) is 6.66. The van der Waals surface area contributed by atoms with Gasteiger partial charge in [-0.25, -0.2) is 13.8 Å². The monoisotopic (exact) mass is 445 g/mol. The Bertz CT molecular complexity index is 971. The molecule has 2 aliphatic rings. The fraction of sp³-hybridized carbons (Fsp3) is 0.391. The molecule has 2 aromatic carbocycles. The maximum atomic E-state index is 14.1. The first-order valence-electron chi connectivity index (χ1n) is 10.5. The van der Waals surface area contributed by atoms with Gasteiger partial charge in [-0.05, 0) is 42.7 Å². The summed E-state index contributed by atoms with van der Waals surface area (Å²) in [6.07, 6.45) is 0.451. The van der Waals surface area contributed by atoms with E-state index in [1.54, 1.807) is 24.3 Å². The van der Waals surface area contributed by atoms with Crippen molar-refractivity contribution in [1.82, 2.24) is 4.90 Å². The quantitative estimate of drug-likeness (QED) is 0.681. The van der Waals surface area contributed by atoms with Crippen LogP contribution in [0.2, 0.25) is 0 Å². The van der Waals surface area contributed by atoms with Crippen molar-refractivity contribution >= 4 is 11.8 Å². The number of hydrogen-bond donors (Lipinski definition) is 2. The van der Waals surface area contributed by atoms with Crippen molar-refractivity contribution in [1.29, 1.82) is 0 Å². The lowest BCUT2D eigenvalue weighted by Gasteiger charge is -2.29. The van der Waals surface area contributed by atoms with Gasteiger partial charge in [-0.15, -0.1) is 0 Å². The third-order valence-corrected chi connectivity index (χ3v) is 5.69. The number of piperidine rings is 1. The van der Waals surface area contributed by atoms with Crippen molar-refractivity contribution in [3.63, 3.8) is 0 Å². The van der Waals surface area contributed by atoms with Crippen LogP contribution in [0.25, 0.3) is 0 Å². The standard InChI is InChI=1S/C23H25F2N3O4/c24-17-2-1-3-18(25)19(17)23-27-20(22(26)30)21(32-23)14-4-6-16(7-5-14)31-13-12-28-10-8-15(29)9-11-28/h1-7,15,20-21,29H,8-13H2,(H2,26,30). The van der Waals surface area contributed by atoms with E-state index in [1.165, 1.54) is 6.07 Å². The van der Waals surface area contributed by atoms with Crippen molar-refractivity contribution < 1.29 is 28.2 Å². The molecule has 0 aliphatic carbocycles. The summed E-state index contributed by atoms with van der Waals surface area (Å²) in [5.74, 6) is -2.07. The molecule has 1 saturated heterocycles. The van der Waals surface area contributed by atoms with Crippen LogP contribution in [-0.2, 0) is 9.53 Å². The van der Waals surface area contributed by atoms with Crippen LogP contribution in [0.3, 0.4) is 0 Å². The highest BCUT2D eigenvalue weighted by molar-refractivity contribution is 5.99. The van der Waals surface area contributed by atoms with Crippen molar-refractivity contribution in [2.45, 2.75) is 31.1 Å². The van der Waals surface area contributed by atoms with E-state index in [9.17, 15) is 18.7 Å². The highest BCUT2D eigenvalue weighted by atomic mass is 19.1. The molecule has 2 atom stereocenters. The van der Waals surface area contributed by atoms with E-state index >= 15 is 0 Å². The second kappa shape index (κ2) is 9.62. The van der Waals surface area contributed by atoms with E-state index < -0.39 is 35.3 Å². The Morgan fingerprint density at radius 3 is 2.44 bits per heavy atom. The first kappa shape index (κ1) is 22.2. The maximum absolute atomic E-state index is 14.1. The number of carbonyl (C=O) groups excluding carboxylic acids is 1. The number of carbonyl (C=O) groups is 1. The largest absolute Gasteiger partial charge is 0.492 e. The molecule has 7 nitrogen and oxygen atoms in total. The maximum Gasteiger partial charge on any atom is 0.246 e. The van der Waals surface area contributed by atoms with Crippen LogP contribution >= 0.6 is 0 Å². The van der Waals surface area contributed by atoms with E-state index in [4.69, 9.17) is 15.2 Å². The number of hydrogen-bond acceptors (Lipinski definition) is 6. The third kappa shape index (κ3) is 4.89. The van der Waals surface area contributed by atoms with Gasteiger partial charge in [-0.2, -0.15) is 0 Å². The van der Waals surface area contributed by atoms with Crippen LogP contribution < -0.4 is 10.5 Å². The normalized spacial score (nSPS) is 21.8. The number of amides is 1. The van der Waals surface area contributed by atoms with Gasteiger partial charge >= 0.3 is 0 Å². The lowest BCUT2D eigenvalue weighted by atomic mass is 10.0. The highest BCUT2D eigenvalue weighted by Gasteiger charge is 2.38. The lowest BCUT2D eigenvalue weighted by Crippen LogP contribution is -2.38. The molecule has 2 unspecified atom stereocenters. The fourth-order valence-electron chi connectivity index (χ4n) is 3.89. The topological polar surface area (TPSA) is 97.4 Å². The molecular formula is C23H25F2N3O4. The van der Waals surface area contributed by atoms with Crippen LogP contribution in [0, 0.1) is 11.6 Å². The number of nitrogens with zero attached hydrogens (tertiary/aromatic N) is 2. The minimum Gasteiger partial charge on any atom is -0.492 e. The molecule has 1 amide bonds. The first-order valence-corrected chi connectivity index (χ1v) is 10.5. The Labute approximate surface area is 184 Å². The molecule has 170 valence electrons. The second-order valence-electron chi connectivity index (χ2n) is 7.91. The summed E-state index contributed by atoms with van der Waals surface area (Å²) in [5, 5.41) is 9.57. The summed E-state index contributed by atoms with van der Waals surface area (Å²) >= 11 is 0. The molecule has 2 aliphatic heterocycles. The van der Waals surface area contributed by atoms with Gasteiger partial charge in [-0.1, -0.05) is 18.2 Å². The average molecular weight is 445 g/mol. The summed E-state index contributed by atoms with van der Waals surface area (Å²) in [6.45, 7) is 2.96. The number of ether oxygens (including phenoxy) is 2. The molecule has 0 bridgehead atoms. The zero-order valence-corrected chi connectivity index (χ0v) is 17.4. The highest BCUT2D eigenvalue weighted by Crippen LogP contribution is 2.33.